The average Bonchev–Trinajstić information content (AvgIpc) is 3.23. The van der Waals surface area contributed by atoms with Crippen LogP contribution in [0.1, 0.15) is 17.6 Å². The Morgan fingerprint density at radius 3 is 2.72 bits per heavy atom. The van der Waals surface area contributed by atoms with Gasteiger partial charge in [0.1, 0.15) is 10.7 Å². The molecule has 1 unspecified atom stereocenters. The number of aromatic nitrogens is 3. The summed E-state index contributed by atoms with van der Waals surface area (Å²) in [6, 6.07) is 16.5. The Bertz CT molecular complexity index is 1310. The van der Waals surface area contributed by atoms with Crippen LogP contribution in [0, 0.1) is 15.9 Å². The highest BCUT2D eigenvalue weighted by Gasteiger charge is 2.29. The molecule has 2 aromatic heterocycles. The van der Waals surface area contributed by atoms with Gasteiger partial charge in [0.05, 0.1) is 6.07 Å². The molecule has 1 aliphatic heterocycles. The van der Waals surface area contributed by atoms with Crippen LogP contribution in [-0.4, -0.2) is 20.1 Å². The molecule has 0 amide bonds. The summed E-state index contributed by atoms with van der Waals surface area (Å²) in [6.45, 7) is 0. The zero-order valence-corrected chi connectivity index (χ0v) is 17.1. The molecule has 2 aromatic carbocycles. The molecule has 5 rings (SSSR count). The summed E-state index contributed by atoms with van der Waals surface area (Å²) in [4.78, 5) is 14.9. The average molecular weight is 451 g/mol. The van der Waals surface area contributed by atoms with Crippen molar-refractivity contribution in [2.45, 2.75) is 17.1 Å². The number of fused-ring (bicyclic) bond motifs is 3. The lowest BCUT2D eigenvalue weighted by molar-refractivity contribution is -0.402. The van der Waals surface area contributed by atoms with Gasteiger partial charge in [-0.2, -0.15) is 4.98 Å². The first-order valence-corrected chi connectivity index (χ1v) is 10.4. The maximum Gasteiger partial charge on any atom is 0.433 e. The van der Waals surface area contributed by atoms with Crippen LogP contribution in [0.2, 0.25) is 0 Å². The second-order valence-corrected chi connectivity index (χ2v) is 7.69. The van der Waals surface area contributed by atoms with Crippen molar-refractivity contribution < 1.29 is 18.5 Å². The van der Waals surface area contributed by atoms with Crippen molar-refractivity contribution in [3.63, 3.8) is 0 Å². The number of para-hydroxylation sites is 1. The molecular formula is C21H14FN5O4S. The van der Waals surface area contributed by atoms with Crippen molar-refractivity contribution in [1.82, 2.24) is 15.2 Å². The molecule has 0 aliphatic carbocycles. The predicted octanol–water partition coefficient (Wildman–Crippen LogP) is 4.97. The van der Waals surface area contributed by atoms with E-state index in [9.17, 15) is 14.5 Å². The Morgan fingerprint density at radius 1 is 1.09 bits per heavy atom. The van der Waals surface area contributed by atoms with Gasteiger partial charge in [-0.05, 0) is 23.8 Å². The molecular weight excluding hydrogens is 437 g/mol. The Morgan fingerprint density at radius 2 is 1.91 bits per heavy atom. The normalized spacial score (nSPS) is 14.5. The molecule has 160 valence electrons. The Labute approximate surface area is 184 Å². The van der Waals surface area contributed by atoms with E-state index in [0.717, 1.165) is 0 Å². The topological polar surface area (TPSA) is 116 Å². The number of anilines is 1. The van der Waals surface area contributed by atoms with Gasteiger partial charge in [0.25, 0.3) is 0 Å². The number of benzene rings is 2. The summed E-state index contributed by atoms with van der Waals surface area (Å²) in [5, 5.41) is 22.9. The van der Waals surface area contributed by atoms with E-state index in [0.29, 0.717) is 33.4 Å². The first-order chi connectivity index (χ1) is 15.6. The van der Waals surface area contributed by atoms with Crippen molar-refractivity contribution in [2.24, 2.45) is 0 Å². The largest absolute Gasteiger partial charge is 0.444 e. The maximum absolute atomic E-state index is 13.9. The van der Waals surface area contributed by atoms with Gasteiger partial charge in [0, 0.05) is 17.0 Å². The molecule has 4 aromatic rings. The summed E-state index contributed by atoms with van der Waals surface area (Å²) >= 11 is 1.22. The highest BCUT2D eigenvalue weighted by molar-refractivity contribution is 7.98. The molecule has 0 saturated heterocycles. The summed E-state index contributed by atoms with van der Waals surface area (Å²) in [7, 11) is 0. The third-order valence-electron chi connectivity index (χ3n) is 4.70. The number of halogens is 1. The van der Waals surface area contributed by atoms with E-state index in [-0.39, 0.29) is 17.5 Å². The first-order valence-electron chi connectivity index (χ1n) is 9.46. The number of nitrogens with zero attached hydrogens (tertiary/aromatic N) is 4. The molecule has 0 saturated carbocycles. The van der Waals surface area contributed by atoms with Crippen LogP contribution < -0.4 is 10.1 Å². The lowest BCUT2D eigenvalue weighted by Gasteiger charge is -2.16. The second-order valence-electron chi connectivity index (χ2n) is 6.75. The van der Waals surface area contributed by atoms with E-state index in [2.05, 4.69) is 20.5 Å². The van der Waals surface area contributed by atoms with Gasteiger partial charge < -0.3 is 14.5 Å². The van der Waals surface area contributed by atoms with E-state index in [1.54, 1.807) is 18.2 Å². The summed E-state index contributed by atoms with van der Waals surface area (Å²) in [5.41, 5.74) is 2.31. The van der Waals surface area contributed by atoms with Gasteiger partial charge in [0.2, 0.25) is 17.3 Å². The van der Waals surface area contributed by atoms with Crippen molar-refractivity contribution in [1.29, 1.82) is 0 Å². The van der Waals surface area contributed by atoms with Crippen molar-refractivity contribution in [3.8, 4) is 17.1 Å². The number of thioether (sulfide) groups is 1. The van der Waals surface area contributed by atoms with Crippen LogP contribution in [0.4, 0.5) is 16.0 Å². The Kier molecular flexibility index (Phi) is 5.15. The monoisotopic (exact) mass is 451 g/mol. The molecule has 0 bridgehead atoms. The number of nitrogens with one attached hydrogen (secondary N) is 1. The number of furan rings is 1. The number of ether oxygens (including phenoxy) is 1. The fourth-order valence-corrected chi connectivity index (χ4v) is 3.94. The highest BCUT2D eigenvalue weighted by atomic mass is 32.2. The van der Waals surface area contributed by atoms with Gasteiger partial charge in [-0.15, -0.1) is 10.2 Å². The third kappa shape index (κ3) is 3.85. The zero-order valence-electron chi connectivity index (χ0n) is 16.3. The van der Waals surface area contributed by atoms with Crippen LogP contribution in [0.5, 0.6) is 5.88 Å². The zero-order chi connectivity index (χ0) is 22.1. The number of nitro groups is 1. The van der Waals surface area contributed by atoms with E-state index in [1.165, 1.54) is 30.0 Å². The lowest BCUT2D eigenvalue weighted by atomic mass is 10.1. The standard InChI is InChI=1S/C21H14FN5O4S/c22-14-7-3-1-5-12(14)11-32-21-24-20-18(25-26-21)13-6-2-4-8-15(13)23-19(31-20)16-9-10-17(30-16)27(28)29/h1-10,19,23H,11H2. The highest BCUT2D eigenvalue weighted by Crippen LogP contribution is 2.40. The van der Waals surface area contributed by atoms with Crippen LogP contribution in [0.25, 0.3) is 11.3 Å². The minimum atomic E-state index is -0.882. The molecule has 0 spiro atoms. The van der Waals surface area contributed by atoms with Crippen molar-refractivity contribution >= 4 is 23.3 Å². The second kappa shape index (κ2) is 8.27. The minimum Gasteiger partial charge on any atom is -0.444 e. The van der Waals surface area contributed by atoms with Gasteiger partial charge in [-0.1, -0.05) is 48.2 Å². The van der Waals surface area contributed by atoms with E-state index < -0.39 is 17.0 Å². The molecule has 11 heteroatoms. The Balaban J connectivity index is 1.49. The fraction of sp³-hybridized carbons (Fsp3) is 0.0952. The Hall–Kier alpha value is -3.99. The van der Waals surface area contributed by atoms with Crippen LogP contribution >= 0.6 is 11.8 Å². The van der Waals surface area contributed by atoms with Gasteiger partial charge in [-0.25, -0.2) is 4.39 Å². The molecule has 1 aliphatic rings. The smallest absolute Gasteiger partial charge is 0.433 e. The molecule has 1 N–H and O–H groups in total. The summed E-state index contributed by atoms with van der Waals surface area (Å²) < 4.78 is 25.2. The van der Waals surface area contributed by atoms with E-state index in [4.69, 9.17) is 9.15 Å². The fourth-order valence-electron chi connectivity index (χ4n) is 3.18. The van der Waals surface area contributed by atoms with Crippen LogP contribution in [-0.2, 0) is 5.75 Å². The molecule has 32 heavy (non-hydrogen) atoms. The molecule has 0 radical (unpaired) electrons. The molecule has 1 atom stereocenters. The number of hydrogen-bond acceptors (Lipinski definition) is 9. The predicted molar refractivity (Wildman–Crippen MR) is 114 cm³/mol. The van der Waals surface area contributed by atoms with Gasteiger partial charge >= 0.3 is 5.88 Å². The number of hydrogen-bond donors (Lipinski definition) is 1. The van der Waals surface area contributed by atoms with Crippen molar-refractivity contribution in [3.05, 3.63) is 87.9 Å². The quantitative estimate of drug-likeness (QED) is 0.255. The lowest BCUT2D eigenvalue weighted by Crippen LogP contribution is -2.16. The molecule has 0 fully saturated rings. The number of rotatable bonds is 5. The summed E-state index contributed by atoms with van der Waals surface area (Å²) in [6.07, 6.45) is -0.882. The van der Waals surface area contributed by atoms with Crippen LogP contribution in [0.3, 0.4) is 0 Å². The van der Waals surface area contributed by atoms with E-state index in [1.807, 2.05) is 24.3 Å². The minimum absolute atomic E-state index is 0.178. The third-order valence-corrected chi connectivity index (χ3v) is 5.59. The van der Waals surface area contributed by atoms with Crippen molar-refractivity contribution in [2.75, 3.05) is 5.32 Å². The van der Waals surface area contributed by atoms with E-state index >= 15 is 0 Å². The maximum atomic E-state index is 13.9. The SMILES string of the molecule is O=[N+]([O-])c1ccc(C2Nc3ccccc3-c3nnc(SCc4ccccc4F)nc3O2)o1. The summed E-state index contributed by atoms with van der Waals surface area (Å²) in [5.74, 6) is -0.00628. The van der Waals surface area contributed by atoms with Gasteiger partial charge in [-0.3, -0.25) is 10.1 Å². The van der Waals surface area contributed by atoms with Crippen LogP contribution in [0.15, 0.2) is 70.2 Å². The first kappa shape index (κ1) is 19.9. The van der Waals surface area contributed by atoms with Gasteiger partial charge in [0.15, 0.2) is 11.5 Å². The molecule has 9 nitrogen and oxygen atoms in total. The molecule has 3 heterocycles.